The average Bonchev–Trinajstić information content (AvgIpc) is 1.82. The second kappa shape index (κ2) is 16.5. The van der Waals surface area contributed by atoms with Crippen LogP contribution < -0.4 is 0 Å². The molecule has 0 saturated carbocycles. The molecule has 0 amide bonds. The molecule has 0 unspecified atom stereocenters. The summed E-state index contributed by atoms with van der Waals surface area (Å²) in [5.41, 5.74) is 0. The summed E-state index contributed by atoms with van der Waals surface area (Å²) in [7, 11) is 0. The monoisotopic (exact) mass is 166 g/mol. The Labute approximate surface area is 69.4 Å². The summed E-state index contributed by atoms with van der Waals surface area (Å²) in [5.74, 6) is 0. The molecule has 0 aromatic heterocycles. The van der Waals surface area contributed by atoms with E-state index >= 15 is 0 Å². The number of rotatable bonds is 3. The number of hydrogen-bond donors (Lipinski definition) is 2. The molecule has 3 nitrogen and oxygen atoms in total. The molecule has 3 heteroatoms. The third kappa shape index (κ3) is 74.0. The van der Waals surface area contributed by atoms with Crippen LogP contribution >= 0.6 is 0 Å². The van der Waals surface area contributed by atoms with E-state index in [2.05, 4.69) is 6.92 Å². The quantitative estimate of drug-likeness (QED) is 0.607. The standard InChI is InChI=1S/C5H12O.C3H8O.H2O/c1-2-3-4-5-6;1-3(2)4;/h6H,2-5H2,1H3;3-4H,1-2H3;1H2. The molecule has 0 aliphatic heterocycles. The van der Waals surface area contributed by atoms with Crippen molar-refractivity contribution in [1.29, 1.82) is 0 Å². The predicted octanol–water partition coefficient (Wildman–Crippen LogP) is 0.731. The lowest BCUT2D eigenvalue weighted by Crippen LogP contribution is -1.85. The van der Waals surface area contributed by atoms with Crippen molar-refractivity contribution in [2.75, 3.05) is 6.61 Å². The van der Waals surface area contributed by atoms with Crippen LogP contribution in [0, 0.1) is 0 Å². The van der Waals surface area contributed by atoms with E-state index in [-0.39, 0.29) is 11.6 Å². The molecule has 72 valence electrons. The van der Waals surface area contributed by atoms with Crippen molar-refractivity contribution in [3.63, 3.8) is 0 Å². The highest BCUT2D eigenvalue weighted by atomic mass is 16.3. The molecule has 0 fully saturated rings. The zero-order chi connectivity index (χ0) is 8.41. The largest absolute Gasteiger partial charge is 0.412 e. The lowest BCUT2D eigenvalue weighted by atomic mass is 10.3. The van der Waals surface area contributed by atoms with Crippen LogP contribution in [0.1, 0.15) is 40.0 Å². The highest BCUT2D eigenvalue weighted by molar-refractivity contribution is 4.30. The molecular formula is C8H22O3. The average molecular weight is 166 g/mol. The first-order chi connectivity index (χ1) is 4.65. The van der Waals surface area contributed by atoms with Gasteiger partial charge >= 0.3 is 0 Å². The molecule has 0 atom stereocenters. The Kier molecular flexibility index (Phi) is 25.6. The van der Waals surface area contributed by atoms with E-state index in [1.807, 2.05) is 0 Å². The zero-order valence-electron chi connectivity index (χ0n) is 7.80. The highest BCUT2D eigenvalue weighted by Gasteiger charge is 1.76. The van der Waals surface area contributed by atoms with Crippen molar-refractivity contribution in [2.24, 2.45) is 0 Å². The van der Waals surface area contributed by atoms with Crippen LogP contribution in [0.25, 0.3) is 0 Å². The predicted molar refractivity (Wildman–Crippen MR) is 47.6 cm³/mol. The minimum atomic E-state index is -0.167. The van der Waals surface area contributed by atoms with Crippen LogP contribution in [0.5, 0.6) is 0 Å². The van der Waals surface area contributed by atoms with Gasteiger partial charge in [-0.1, -0.05) is 19.8 Å². The Bertz CT molecular complexity index is 39.8. The van der Waals surface area contributed by atoms with Gasteiger partial charge in [0.15, 0.2) is 0 Å². The lowest BCUT2D eigenvalue weighted by Gasteiger charge is -1.85. The minimum absolute atomic E-state index is 0. The number of unbranched alkanes of at least 4 members (excludes halogenated alkanes) is 2. The van der Waals surface area contributed by atoms with Gasteiger partial charge in [-0.15, -0.1) is 0 Å². The van der Waals surface area contributed by atoms with Gasteiger partial charge in [0.2, 0.25) is 0 Å². The Balaban J connectivity index is -0.000000114. The molecule has 0 aromatic carbocycles. The second-order valence-electron chi connectivity index (χ2n) is 2.52. The van der Waals surface area contributed by atoms with Crippen molar-refractivity contribution in [1.82, 2.24) is 0 Å². The van der Waals surface area contributed by atoms with Crippen LogP contribution in [0.4, 0.5) is 0 Å². The maximum Gasteiger partial charge on any atom is 0.0483 e. The molecule has 0 saturated heterocycles. The molecule has 0 bridgehead atoms. The summed E-state index contributed by atoms with van der Waals surface area (Å²) >= 11 is 0. The molecule has 4 N–H and O–H groups in total. The van der Waals surface area contributed by atoms with Crippen molar-refractivity contribution in [3.05, 3.63) is 0 Å². The SMILES string of the molecule is CC(C)O.CCCCCO.O. The fraction of sp³-hybridized carbons (Fsp3) is 1.00. The van der Waals surface area contributed by atoms with Gasteiger partial charge in [-0.2, -0.15) is 0 Å². The third-order valence-corrected chi connectivity index (χ3v) is 0.762. The van der Waals surface area contributed by atoms with Crippen molar-refractivity contribution in [2.45, 2.75) is 46.1 Å². The lowest BCUT2D eigenvalue weighted by molar-refractivity contribution is 0.216. The van der Waals surface area contributed by atoms with E-state index in [0.29, 0.717) is 6.61 Å². The van der Waals surface area contributed by atoms with Crippen LogP contribution in [-0.4, -0.2) is 28.4 Å². The van der Waals surface area contributed by atoms with Gasteiger partial charge in [0.1, 0.15) is 0 Å². The second-order valence-corrected chi connectivity index (χ2v) is 2.52. The van der Waals surface area contributed by atoms with Gasteiger partial charge in [-0.3, -0.25) is 0 Å². The van der Waals surface area contributed by atoms with Crippen molar-refractivity contribution < 1.29 is 15.7 Å². The molecule has 0 aliphatic rings. The first kappa shape index (κ1) is 17.1. The van der Waals surface area contributed by atoms with E-state index in [4.69, 9.17) is 10.2 Å². The molecule has 0 rings (SSSR count). The zero-order valence-corrected chi connectivity index (χ0v) is 7.80. The maximum atomic E-state index is 8.20. The van der Waals surface area contributed by atoms with Gasteiger partial charge in [0.25, 0.3) is 0 Å². The summed E-state index contributed by atoms with van der Waals surface area (Å²) in [6, 6.07) is 0. The first-order valence-electron chi connectivity index (χ1n) is 3.94. The summed E-state index contributed by atoms with van der Waals surface area (Å²) in [5, 5.41) is 16.3. The smallest absolute Gasteiger partial charge is 0.0483 e. The Morgan fingerprint density at radius 3 is 1.64 bits per heavy atom. The van der Waals surface area contributed by atoms with Gasteiger partial charge < -0.3 is 15.7 Å². The van der Waals surface area contributed by atoms with Crippen LogP contribution in [-0.2, 0) is 0 Å². The summed E-state index contributed by atoms with van der Waals surface area (Å²) in [6.07, 6.45) is 3.16. The van der Waals surface area contributed by atoms with E-state index in [1.54, 1.807) is 13.8 Å². The summed E-state index contributed by atoms with van der Waals surface area (Å²) < 4.78 is 0. The Hall–Kier alpha value is -0.120. The van der Waals surface area contributed by atoms with Crippen molar-refractivity contribution >= 4 is 0 Å². The van der Waals surface area contributed by atoms with Crippen molar-refractivity contribution in [3.8, 4) is 0 Å². The molecule has 0 aliphatic carbocycles. The number of hydrogen-bond acceptors (Lipinski definition) is 2. The molecular weight excluding hydrogens is 144 g/mol. The molecule has 0 spiro atoms. The van der Waals surface area contributed by atoms with Gasteiger partial charge in [-0.25, -0.2) is 0 Å². The van der Waals surface area contributed by atoms with Crippen LogP contribution in [0.2, 0.25) is 0 Å². The molecule has 0 heterocycles. The third-order valence-electron chi connectivity index (χ3n) is 0.762. The maximum absolute atomic E-state index is 8.20. The fourth-order valence-corrected chi connectivity index (χ4v) is 0.362. The Morgan fingerprint density at radius 1 is 1.18 bits per heavy atom. The molecule has 0 radical (unpaired) electrons. The summed E-state index contributed by atoms with van der Waals surface area (Å²) in [6.45, 7) is 5.92. The fourth-order valence-electron chi connectivity index (χ4n) is 0.362. The van der Waals surface area contributed by atoms with E-state index in [9.17, 15) is 0 Å². The van der Waals surface area contributed by atoms with Crippen LogP contribution in [0.15, 0.2) is 0 Å². The van der Waals surface area contributed by atoms with Gasteiger partial charge in [0.05, 0.1) is 0 Å². The van der Waals surface area contributed by atoms with E-state index < -0.39 is 0 Å². The highest BCUT2D eigenvalue weighted by Crippen LogP contribution is 1.89. The molecule has 11 heavy (non-hydrogen) atoms. The minimum Gasteiger partial charge on any atom is -0.412 e. The van der Waals surface area contributed by atoms with Gasteiger partial charge in [-0.05, 0) is 20.3 Å². The Morgan fingerprint density at radius 2 is 1.55 bits per heavy atom. The van der Waals surface area contributed by atoms with Crippen LogP contribution in [0.3, 0.4) is 0 Å². The molecule has 0 aromatic rings. The number of aliphatic hydroxyl groups excluding tert-OH is 2. The topological polar surface area (TPSA) is 72.0 Å². The van der Waals surface area contributed by atoms with E-state index in [1.165, 1.54) is 6.42 Å². The summed E-state index contributed by atoms with van der Waals surface area (Å²) in [4.78, 5) is 0. The normalized spacial score (nSPS) is 8.18. The van der Waals surface area contributed by atoms with Gasteiger partial charge in [0, 0.05) is 12.7 Å². The number of aliphatic hydroxyl groups is 2. The first-order valence-corrected chi connectivity index (χ1v) is 3.94. The van der Waals surface area contributed by atoms with E-state index in [0.717, 1.165) is 12.8 Å².